The highest BCUT2D eigenvalue weighted by Crippen LogP contribution is 2.25. The van der Waals surface area contributed by atoms with Crippen molar-refractivity contribution in [2.24, 2.45) is 0 Å². The summed E-state index contributed by atoms with van der Waals surface area (Å²) in [5, 5.41) is 14.9. The number of nitrogens with zero attached hydrogens (tertiary/aromatic N) is 2. The second kappa shape index (κ2) is 6.54. The van der Waals surface area contributed by atoms with Gasteiger partial charge < -0.3 is 5.32 Å². The van der Waals surface area contributed by atoms with Crippen LogP contribution in [0.3, 0.4) is 0 Å². The van der Waals surface area contributed by atoms with E-state index in [2.05, 4.69) is 10.3 Å². The molecule has 2 aromatic rings. The van der Waals surface area contributed by atoms with Gasteiger partial charge in [-0.15, -0.1) is 0 Å². The monoisotopic (exact) mass is 311 g/mol. The molecule has 104 valence electrons. The van der Waals surface area contributed by atoms with Crippen molar-refractivity contribution >= 4 is 34.7 Å². The molecule has 0 amide bonds. The third kappa shape index (κ3) is 3.37. The summed E-state index contributed by atoms with van der Waals surface area (Å²) >= 11 is 12.1. The van der Waals surface area contributed by atoms with Crippen molar-refractivity contribution < 1.29 is 4.92 Å². The van der Waals surface area contributed by atoms with Crippen LogP contribution in [-0.4, -0.2) is 16.5 Å². The highest BCUT2D eigenvalue weighted by Gasteiger charge is 2.13. The van der Waals surface area contributed by atoms with Gasteiger partial charge in [0.05, 0.1) is 4.92 Å². The highest BCUT2D eigenvalue weighted by molar-refractivity contribution is 6.35. The molecular weight excluding hydrogens is 301 g/mol. The summed E-state index contributed by atoms with van der Waals surface area (Å²) < 4.78 is 0. The minimum Gasteiger partial charge on any atom is -0.364 e. The van der Waals surface area contributed by atoms with Gasteiger partial charge in [-0.3, -0.25) is 10.1 Å². The molecule has 0 spiro atoms. The maximum Gasteiger partial charge on any atom is 0.311 e. The fourth-order valence-corrected chi connectivity index (χ4v) is 2.34. The topological polar surface area (TPSA) is 68.1 Å². The van der Waals surface area contributed by atoms with Crippen LogP contribution in [0.2, 0.25) is 10.0 Å². The van der Waals surface area contributed by atoms with Gasteiger partial charge >= 0.3 is 5.69 Å². The molecule has 0 bridgehead atoms. The lowest BCUT2D eigenvalue weighted by atomic mass is 10.1. The smallest absolute Gasteiger partial charge is 0.311 e. The maximum atomic E-state index is 10.8. The van der Waals surface area contributed by atoms with Gasteiger partial charge in [-0.2, -0.15) is 0 Å². The second-order valence-electron chi connectivity index (χ2n) is 4.01. The van der Waals surface area contributed by atoms with Crippen LogP contribution < -0.4 is 5.32 Å². The van der Waals surface area contributed by atoms with Crippen molar-refractivity contribution in [1.29, 1.82) is 0 Å². The number of nitrogens with one attached hydrogen (secondary N) is 1. The van der Waals surface area contributed by atoms with Crippen LogP contribution in [0.4, 0.5) is 11.5 Å². The molecular formula is C13H11Cl2N3O2. The van der Waals surface area contributed by atoms with Crippen molar-refractivity contribution in [3.8, 4) is 0 Å². The number of hydrogen-bond donors (Lipinski definition) is 1. The largest absolute Gasteiger partial charge is 0.364 e. The molecule has 0 aliphatic heterocycles. The first-order chi connectivity index (χ1) is 9.59. The molecule has 0 radical (unpaired) electrons. The molecule has 0 saturated carbocycles. The molecule has 1 aromatic carbocycles. The van der Waals surface area contributed by atoms with Crippen LogP contribution in [0.25, 0.3) is 0 Å². The van der Waals surface area contributed by atoms with Crippen LogP contribution in [0.1, 0.15) is 5.56 Å². The van der Waals surface area contributed by atoms with Crippen LogP contribution >= 0.6 is 23.2 Å². The van der Waals surface area contributed by atoms with Gasteiger partial charge in [0.2, 0.25) is 5.82 Å². The van der Waals surface area contributed by atoms with Crippen molar-refractivity contribution in [3.63, 3.8) is 0 Å². The standard InChI is InChI=1S/C13H11Cl2N3O2/c14-10-3-1-4-11(15)9(10)6-8-17-13-12(18(19)20)5-2-7-16-13/h1-5,7H,6,8H2,(H,16,17). The third-order valence-corrected chi connectivity index (χ3v) is 3.42. The molecule has 0 saturated heterocycles. The summed E-state index contributed by atoms with van der Waals surface area (Å²) in [6, 6.07) is 8.20. The predicted octanol–water partition coefficient (Wildman–Crippen LogP) is 3.95. The molecule has 1 heterocycles. The summed E-state index contributed by atoms with van der Waals surface area (Å²) in [7, 11) is 0. The average Bonchev–Trinajstić information content (AvgIpc) is 2.42. The lowest BCUT2D eigenvalue weighted by Crippen LogP contribution is -2.08. The van der Waals surface area contributed by atoms with Crippen molar-refractivity contribution in [2.45, 2.75) is 6.42 Å². The zero-order chi connectivity index (χ0) is 14.5. The van der Waals surface area contributed by atoms with Crippen LogP contribution in [0.5, 0.6) is 0 Å². The number of hydrogen-bond acceptors (Lipinski definition) is 4. The number of nitro groups is 1. The Morgan fingerprint density at radius 2 is 1.90 bits per heavy atom. The number of anilines is 1. The molecule has 0 unspecified atom stereocenters. The van der Waals surface area contributed by atoms with Crippen molar-refractivity contribution in [2.75, 3.05) is 11.9 Å². The third-order valence-electron chi connectivity index (χ3n) is 2.71. The summed E-state index contributed by atoms with van der Waals surface area (Å²) in [6.45, 7) is 0.446. The minimum absolute atomic E-state index is 0.0576. The quantitative estimate of drug-likeness (QED) is 0.670. The lowest BCUT2D eigenvalue weighted by Gasteiger charge is -2.08. The van der Waals surface area contributed by atoms with Crippen LogP contribution in [0.15, 0.2) is 36.5 Å². The molecule has 2 rings (SSSR count). The van der Waals surface area contributed by atoms with Crippen LogP contribution in [-0.2, 0) is 6.42 Å². The Bertz CT molecular complexity index is 615. The van der Waals surface area contributed by atoms with Gasteiger partial charge in [-0.1, -0.05) is 29.3 Å². The Morgan fingerprint density at radius 3 is 2.55 bits per heavy atom. The fraction of sp³-hybridized carbons (Fsp3) is 0.154. The zero-order valence-corrected chi connectivity index (χ0v) is 11.9. The van der Waals surface area contributed by atoms with E-state index in [0.29, 0.717) is 23.0 Å². The number of rotatable bonds is 5. The summed E-state index contributed by atoms with van der Waals surface area (Å²) in [5.74, 6) is 0.237. The Labute approximate surface area is 125 Å². The molecule has 5 nitrogen and oxygen atoms in total. The van der Waals surface area contributed by atoms with E-state index in [1.807, 2.05) is 0 Å². The van der Waals surface area contributed by atoms with E-state index in [1.165, 1.54) is 18.3 Å². The number of aromatic nitrogens is 1. The Morgan fingerprint density at radius 1 is 1.20 bits per heavy atom. The van der Waals surface area contributed by atoms with E-state index in [4.69, 9.17) is 23.2 Å². The lowest BCUT2D eigenvalue weighted by molar-refractivity contribution is -0.384. The number of halogens is 2. The average molecular weight is 312 g/mol. The first-order valence-corrected chi connectivity index (χ1v) is 6.61. The maximum absolute atomic E-state index is 10.8. The van der Waals surface area contributed by atoms with Gasteiger partial charge in [-0.25, -0.2) is 4.98 Å². The molecule has 20 heavy (non-hydrogen) atoms. The Balaban J connectivity index is 2.05. The van der Waals surface area contributed by atoms with E-state index in [1.54, 1.807) is 18.2 Å². The van der Waals surface area contributed by atoms with E-state index in [0.717, 1.165) is 5.56 Å². The van der Waals surface area contributed by atoms with E-state index in [9.17, 15) is 10.1 Å². The van der Waals surface area contributed by atoms with Gasteiger partial charge in [-0.05, 0) is 30.2 Å². The second-order valence-corrected chi connectivity index (χ2v) is 4.82. The number of benzene rings is 1. The molecule has 1 N–H and O–H groups in total. The molecule has 0 aliphatic carbocycles. The summed E-state index contributed by atoms with van der Waals surface area (Å²) in [4.78, 5) is 14.3. The van der Waals surface area contributed by atoms with E-state index >= 15 is 0 Å². The van der Waals surface area contributed by atoms with Gasteiger partial charge in [0.15, 0.2) is 0 Å². The Kier molecular flexibility index (Phi) is 4.76. The van der Waals surface area contributed by atoms with Crippen LogP contribution in [0, 0.1) is 10.1 Å². The SMILES string of the molecule is O=[N+]([O-])c1cccnc1NCCc1c(Cl)cccc1Cl. The highest BCUT2D eigenvalue weighted by atomic mass is 35.5. The Hall–Kier alpha value is -1.85. The first kappa shape index (κ1) is 14.6. The normalized spacial score (nSPS) is 10.3. The van der Waals surface area contributed by atoms with Gasteiger partial charge in [0, 0.05) is 28.9 Å². The molecule has 0 fully saturated rings. The van der Waals surface area contributed by atoms with Gasteiger partial charge in [0.25, 0.3) is 0 Å². The van der Waals surface area contributed by atoms with E-state index < -0.39 is 4.92 Å². The molecule has 7 heteroatoms. The summed E-state index contributed by atoms with van der Waals surface area (Å²) in [6.07, 6.45) is 2.05. The fourth-order valence-electron chi connectivity index (χ4n) is 1.76. The minimum atomic E-state index is -0.474. The number of pyridine rings is 1. The van der Waals surface area contributed by atoms with Crippen molar-refractivity contribution in [1.82, 2.24) is 4.98 Å². The predicted molar refractivity (Wildman–Crippen MR) is 79.5 cm³/mol. The molecule has 1 aromatic heterocycles. The molecule has 0 aliphatic rings. The zero-order valence-electron chi connectivity index (χ0n) is 10.3. The van der Waals surface area contributed by atoms with E-state index in [-0.39, 0.29) is 11.5 Å². The summed E-state index contributed by atoms with van der Waals surface area (Å²) in [5.41, 5.74) is 0.750. The van der Waals surface area contributed by atoms with Crippen molar-refractivity contribution in [3.05, 3.63) is 62.3 Å². The first-order valence-electron chi connectivity index (χ1n) is 5.85. The van der Waals surface area contributed by atoms with Gasteiger partial charge in [0.1, 0.15) is 0 Å². The molecule has 0 atom stereocenters.